The molecule has 0 aromatic carbocycles. The molecule has 0 heterocycles. The van der Waals surface area contributed by atoms with Gasteiger partial charge in [0, 0.05) is 19.3 Å². The van der Waals surface area contributed by atoms with Gasteiger partial charge < -0.3 is 14.2 Å². The number of hydrogen-bond acceptors (Lipinski definition) is 6. The Bertz CT molecular complexity index is 1200. The molecule has 69 heavy (non-hydrogen) atoms. The SMILES string of the molecule is CCCCCCC/C=C\C/C=C\CCCCCCCCCCCCCC(=O)OCC(COC(=O)CCCCCCC)OC(=O)CCCCCCCCCCCCC/C=C\C/C=C\CCCCCCC. The maximum atomic E-state index is 12.8. The van der Waals surface area contributed by atoms with E-state index in [-0.39, 0.29) is 31.1 Å². The van der Waals surface area contributed by atoms with Crippen LogP contribution in [0.1, 0.15) is 316 Å². The predicted molar refractivity (Wildman–Crippen MR) is 298 cm³/mol. The fourth-order valence-electron chi connectivity index (χ4n) is 8.74. The smallest absolute Gasteiger partial charge is 0.306 e. The lowest BCUT2D eigenvalue weighted by Gasteiger charge is -2.18. The summed E-state index contributed by atoms with van der Waals surface area (Å²) in [6.07, 6.45) is 71.5. The van der Waals surface area contributed by atoms with E-state index in [9.17, 15) is 14.4 Å². The molecule has 0 aliphatic carbocycles. The lowest BCUT2D eigenvalue weighted by Crippen LogP contribution is -2.30. The average Bonchev–Trinajstić information content (AvgIpc) is 3.35. The molecule has 402 valence electrons. The zero-order chi connectivity index (χ0) is 50.0. The van der Waals surface area contributed by atoms with Crippen LogP contribution in [-0.4, -0.2) is 37.2 Å². The summed E-state index contributed by atoms with van der Waals surface area (Å²) >= 11 is 0. The molecule has 0 amide bonds. The van der Waals surface area contributed by atoms with Gasteiger partial charge in [0.25, 0.3) is 0 Å². The van der Waals surface area contributed by atoms with Crippen molar-refractivity contribution in [3.05, 3.63) is 48.6 Å². The molecule has 0 N–H and O–H groups in total. The summed E-state index contributed by atoms with van der Waals surface area (Å²) < 4.78 is 16.8. The molecule has 0 radical (unpaired) electrons. The zero-order valence-electron chi connectivity index (χ0n) is 46.1. The van der Waals surface area contributed by atoms with Crippen LogP contribution in [0.5, 0.6) is 0 Å². The summed E-state index contributed by atoms with van der Waals surface area (Å²) in [6, 6.07) is 0. The highest BCUT2D eigenvalue weighted by molar-refractivity contribution is 5.71. The first-order valence-corrected chi connectivity index (χ1v) is 30.1. The molecule has 0 fully saturated rings. The van der Waals surface area contributed by atoms with E-state index < -0.39 is 6.10 Å². The lowest BCUT2D eigenvalue weighted by molar-refractivity contribution is -0.167. The third kappa shape index (κ3) is 56.2. The Morgan fingerprint density at radius 3 is 0.797 bits per heavy atom. The largest absolute Gasteiger partial charge is 0.462 e. The molecule has 0 saturated carbocycles. The van der Waals surface area contributed by atoms with Gasteiger partial charge in [-0.3, -0.25) is 14.4 Å². The van der Waals surface area contributed by atoms with Crippen LogP contribution in [-0.2, 0) is 28.6 Å². The summed E-state index contributed by atoms with van der Waals surface area (Å²) in [4.78, 5) is 37.9. The normalized spacial score (nSPS) is 12.3. The number of unbranched alkanes of at least 4 members (excludes halogenated alkanes) is 36. The maximum absolute atomic E-state index is 12.8. The van der Waals surface area contributed by atoms with Crippen LogP contribution in [0.4, 0.5) is 0 Å². The second-order valence-corrected chi connectivity index (χ2v) is 20.3. The number of esters is 3. The van der Waals surface area contributed by atoms with Crippen molar-refractivity contribution in [3.8, 4) is 0 Å². The van der Waals surface area contributed by atoms with Gasteiger partial charge in [0.05, 0.1) is 0 Å². The van der Waals surface area contributed by atoms with Crippen molar-refractivity contribution < 1.29 is 28.6 Å². The van der Waals surface area contributed by atoms with E-state index in [0.717, 1.165) is 77.0 Å². The summed E-state index contributed by atoms with van der Waals surface area (Å²) in [5.41, 5.74) is 0. The summed E-state index contributed by atoms with van der Waals surface area (Å²) in [6.45, 7) is 6.57. The second-order valence-electron chi connectivity index (χ2n) is 20.3. The van der Waals surface area contributed by atoms with Crippen molar-refractivity contribution in [3.63, 3.8) is 0 Å². The summed E-state index contributed by atoms with van der Waals surface area (Å²) in [7, 11) is 0. The molecule has 6 nitrogen and oxygen atoms in total. The zero-order valence-corrected chi connectivity index (χ0v) is 46.1. The van der Waals surface area contributed by atoms with Crippen LogP contribution in [0.25, 0.3) is 0 Å². The number of ether oxygens (including phenoxy) is 3. The minimum Gasteiger partial charge on any atom is -0.462 e. The van der Waals surface area contributed by atoms with Crippen molar-refractivity contribution >= 4 is 17.9 Å². The Hall–Kier alpha value is -2.63. The number of carbonyl (C=O) groups excluding carboxylic acids is 3. The van der Waals surface area contributed by atoms with Crippen molar-refractivity contribution in [2.24, 2.45) is 0 Å². The standard InChI is InChI=1S/C63H114O6/c1-4-7-10-13-15-17-19-21-23-25-27-29-31-33-35-37-39-41-43-45-47-50-53-56-62(65)68-59-60(58-67-61(64)55-52-49-12-9-6-3)69-63(66)57-54-51-48-46-44-42-40-38-36-34-32-30-28-26-24-22-20-18-16-14-11-8-5-2/h19-22,25-28,60H,4-18,23-24,29-59H2,1-3H3/b21-19-,22-20-,27-25-,28-26-. The number of hydrogen-bond donors (Lipinski definition) is 0. The third-order valence-electron chi connectivity index (χ3n) is 13.3. The molecule has 0 aliphatic heterocycles. The molecule has 0 rings (SSSR count). The van der Waals surface area contributed by atoms with Crippen molar-refractivity contribution in [1.82, 2.24) is 0 Å². The molecule has 0 aliphatic rings. The lowest BCUT2D eigenvalue weighted by atomic mass is 10.0. The van der Waals surface area contributed by atoms with E-state index in [1.807, 2.05) is 0 Å². The molecular weight excluding hydrogens is 853 g/mol. The first-order valence-electron chi connectivity index (χ1n) is 30.1. The van der Waals surface area contributed by atoms with Gasteiger partial charge >= 0.3 is 17.9 Å². The Labute approximate surface area is 428 Å². The molecule has 1 unspecified atom stereocenters. The van der Waals surface area contributed by atoms with Crippen LogP contribution in [0.3, 0.4) is 0 Å². The van der Waals surface area contributed by atoms with E-state index >= 15 is 0 Å². The molecule has 0 aromatic heterocycles. The second kappa shape index (κ2) is 57.9. The quantitative estimate of drug-likeness (QED) is 0.0262. The van der Waals surface area contributed by atoms with Crippen LogP contribution in [0.2, 0.25) is 0 Å². The molecule has 0 aromatic rings. The van der Waals surface area contributed by atoms with E-state index in [1.165, 1.54) is 199 Å². The molecule has 1 atom stereocenters. The average molecular weight is 968 g/mol. The van der Waals surface area contributed by atoms with E-state index in [2.05, 4.69) is 69.4 Å². The monoisotopic (exact) mass is 967 g/mol. The fourth-order valence-corrected chi connectivity index (χ4v) is 8.74. The van der Waals surface area contributed by atoms with Crippen LogP contribution >= 0.6 is 0 Å². The number of allylic oxidation sites excluding steroid dienone is 8. The van der Waals surface area contributed by atoms with E-state index in [1.54, 1.807) is 0 Å². The van der Waals surface area contributed by atoms with Crippen molar-refractivity contribution in [2.75, 3.05) is 13.2 Å². The highest BCUT2D eigenvalue weighted by Gasteiger charge is 2.19. The molecule has 0 spiro atoms. The first kappa shape index (κ1) is 66.4. The Morgan fingerprint density at radius 1 is 0.290 bits per heavy atom. The predicted octanol–water partition coefficient (Wildman–Crippen LogP) is 20.2. The molecule has 6 heteroatoms. The van der Waals surface area contributed by atoms with Crippen LogP contribution in [0, 0.1) is 0 Å². The van der Waals surface area contributed by atoms with Crippen LogP contribution in [0.15, 0.2) is 48.6 Å². The number of carbonyl (C=O) groups is 3. The van der Waals surface area contributed by atoms with E-state index in [0.29, 0.717) is 19.3 Å². The fraction of sp³-hybridized carbons (Fsp3) is 0.825. The van der Waals surface area contributed by atoms with Gasteiger partial charge in [-0.1, -0.05) is 262 Å². The van der Waals surface area contributed by atoms with E-state index in [4.69, 9.17) is 14.2 Å². The van der Waals surface area contributed by atoms with Crippen LogP contribution < -0.4 is 0 Å². The van der Waals surface area contributed by atoms with Gasteiger partial charge in [0.2, 0.25) is 0 Å². The van der Waals surface area contributed by atoms with Gasteiger partial charge in [-0.05, 0) is 83.5 Å². The van der Waals surface area contributed by atoms with Crippen molar-refractivity contribution in [1.29, 1.82) is 0 Å². The van der Waals surface area contributed by atoms with Crippen molar-refractivity contribution in [2.45, 2.75) is 322 Å². The van der Waals surface area contributed by atoms with Gasteiger partial charge in [-0.25, -0.2) is 0 Å². The third-order valence-corrected chi connectivity index (χ3v) is 13.3. The highest BCUT2D eigenvalue weighted by Crippen LogP contribution is 2.16. The van der Waals surface area contributed by atoms with Gasteiger partial charge in [0.15, 0.2) is 6.10 Å². The highest BCUT2D eigenvalue weighted by atomic mass is 16.6. The minimum absolute atomic E-state index is 0.0731. The Morgan fingerprint density at radius 2 is 0.522 bits per heavy atom. The first-order chi connectivity index (χ1) is 34.0. The number of rotatable bonds is 55. The Kier molecular flexibility index (Phi) is 55.7. The Balaban J connectivity index is 4.06. The van der Waals surface area contributed by atoms with Gasteiger partial charge in [-0.15, -0.1) is 0 Å². The maximum Gasteiger partial charge on any atom is 0.306 e. The molecule has 0 bridgehead atoms. The van der Waals surface area contributed by atoms with Gasteiger partial charge in [-0.2, -0.15) is 0 Å². The summed E-state index contributed by atoms with van der Waals surface area (Å²) in [5.74, 6) is -0.878. The minimum atomic E-state index is -0.771. The topological polar surface area (TPSA) is 78.9 Å². The molecule has 0 saturated heterocycles. The molecular formula is C63H114O6. The summed E-state index contributed by atoms with van der Waals surface area (Å²) in [5, 5.41) is 0. The van der Waals surface area contributed by atoms with Gasteiger partial charge in [0.1, 0.15) is 13.2 Å².